The smallest absolute Gasteiger partial charge is 0.405 e. The van der Waals surface area contributed by atoms with Gasteiger partial charge in [0.15, 0.2) is 0 Å². The molecule has 0 saturated heterocycles. The Labute approximate surface area is 193 Å². The second kappa shape index (κ2) is 12.1. The summed E-state index contributed by atoms with van der Waals surface area (Å²) >= 11 is 0. The van der Waals surface area contributed by atoms with E-state index in [9.17, 15) is 24.8 Å². The van der Waals surface area contributed by atoms with Crippen LogP contribution in [-0.4, -0.2) is 29.1 Å². The van der Waals surface area contributed by atoms with Crippen LogP contribution in [0.2, 0.25) is 0 Å². The van der Waals surface area contributed by atoms with Crippen molar-refractivity contribution in [3.05, 3.63) is 76.9 Å². The summed E-state index contributed by atoms with van der Waals surface area (Å²) in [5.41, 5.74) is 3.09. The molecule has 0 saturated carbocycles. The number of rotatable bonds is 9. The second-order valence-corrected chi connectivity index (χ2v) is 8.00. The van der Waals surface area contributed by atoms with Crippen LogP contribution in [-0.2, 0) is 22.6 Å². The zero-order valence-corrected chi connectivity index (χ0v) is 18.9. The Morgan fingerprint density at radius 3 is 2.39 bits per heavy atom. The molecule has 0 aliphatic heterocycles. The molecule has 8 heteroatoms. The summed E-state index contributed by atoms with van der Waals surface area (Å²) in [6.45, 7) is 5.97. The van der Waals surface area contributed by atoms with Gasteiger partial charge in [-0.15, -0.1) is 0 Å². The number of hydrogen-bond donors (Lipinski definition) is 4. The average Bonchev–Trinajstić information content (AvgIpc) is 2.76. The SMILES string of the molecule is Cc1ccc(CNC(=O)C(Cc2cccc(NC(=O)C(C#N)=CC(C)C)c2)NC(=O)O)cc1. The topological polar surface area (TPSA) is 131 Å². The molecule has 0 aliphatic rings. The van der Waals surface area contributed by atoms with E-state index in [2.05, 4.69) is 16.0 Å². The standard InChI is InChI=1S/C25H28N4O4/c1-16(2)11-20(14-26)23(30)28-21-6-4-5-19(12-21)13-22(29-25(32)33)24(31)27-15-18-9-7-17(3)8-10-18/h4-12,16,22,29H,13,15H2,1-3H3,(H,27,31)(H,28,30)(H,32,33). The minimum atomic E-state index is -1.31. The predicted molar refractivity (Wildman–Crippen MR) is 125 cm³/mol. The third kappa shape index (κ3) is 8.50. The second-order valence-electron chi connectivity index (χ2n) is 8.00. The number of allylic oxidation sites excluding steroid dienone is 1. The Morgan fingerprint density at radius 2 is 1.79 bits per heavy atom. The first-order chi connectivity index (χ1) is 15.7. The van der Waals surface area contributed by atoms with Gasteiger partial charge in [-0.05, 0) is 36.1 Å². The van der Waals surface area contributed by atoms with Crippen molar-refractivity contribution in [2.75, 3.05) is 5.32 Å². The maximum Gasteiger partial charge on any atom is 0.405 e. The zero-order valence-electron chi connectivity index (χ0n) is 18.9. The Hall–Kier alpha value is -4.12. The summed E-state index contributed by atoms with van der Waals surface area (Å²) in [5, 5.41) is 26.0. The number of carbonyl (C=O) groups is 3. The first-order valence-corrected chi connectivity index (χ1v) is 10.5. The van der Waals surface area contributed by atoms with Gasteiger partial charge in [-0.1, -0.05) is 61.9 Å². The molecule has 2 rings (SSSR count). The molecule has 33 heavy (non-hydrogen) atoms. The third-order valence-corrected chi connectivity index (χ3v) is 4.69. The first-order valence-electron chi connectivity index (χ1n) is 10.5. The van der Waals surface area contributed by atoms with Crippen LogP contribution >= 0.6 is 0 Å². The maximum absolute atomic E-state index is 12.7. The van der Waals surface area contributed by atoms with Gasteiger partial charge in [-0.2, -0.15) is 5.26 Å². The van der Waals surface area contributed by atoms with E-state index >= 15 is 0 Å². The lowest BCUT2D eigenvalue weighted by Gasteiger charge is -2.17. The molecular formula is C25H28N4O4. The fourth-order valence-corrected chi connectivity index (χ4v) is 3.08. The molecule has 0 aromatic heterocycles. The minimum absolute atomic E-state index is 0.0105. The van der Waals surface area contributed by atoms with Gasteiger partial charge in [-0.25, -0.2) is 4.79 Å². The normalized spacial score (nSPS) is 11.9. The highest BCUT2D eigenvalue weighted by Gasteiger charge is 2.21. The van der Waals surface area contributed by atoms with E-state index in [0.717, 1.165) is 11.1 Å². The van der Waals surface area contributed by atoms with Crippen molar-refractivity contribution in [1.82, 2.24) is 10.6 Å². The van der Waals surface area contributed by atoms with Crippen LogP contribution in [0.25, 0.3) is 0 Å². The lowest BCUT2D eigenvalue weighted by Crippen LogP contribution is -2.47. The first kappa shape index (κ1) is 25.1. The minimum Gasteiger partial charge on any atom is -0.465 e. The van der Waals surface area contributed by atoms with E-state index in [-0.39, 0.29) is 24.5 Å². The van der Waals surface area contributed by atoms with Gasteiger partial charge in [0.05, 0.1) is 0 Å². The molecule has 0 fully saturated rings. The quantitative estimate of drug-likeness (QED) is 0.344. The lowest BCUT2D eigenvalue weighted by molar-refractivity contribution is -0.123. The number of anilines is 1. The Morgan fingerprint density at radius 1 is 1.09 bits per heavy atom. The van der Waals surface area contributed by atoms with E-state index in [1.807, 2.05) is 51.1 Å². The van der Waals surface area contributed by atoms with Gasteiger partial charge in [0.2, 0.25) is 5.91 Å². The fraction of sp³-hybridized carbons (Fsp3) is 0.280. The van der Waals surface area contributed by atoms with Gasteiger partial charge in [-0.3, -0.25) is 9.59 Å². The zero-order chi connectivity index (χ0) is 24.4. The average molecular weight is 449 g/mol. The molecule has 1 unspecified atom stereocenters. The highest BCUT2D eigenvalue weighted by Crippen LogP contribution is 2.15. The van der Waals surface area contributed by atoms with E-state index in [0.29, 0.717) is 11.3 Å². The number of nitriles is 1. The van der Waals surface area contributed by atoms with Gasteiger partial charge < -0.3 is 21.1 Å². The summed E-state index contributed by atoms with van der Waals surface area (Å²) in [7, 11) is 0. The molecule has 2 aromatic carbocycles. The van der Waals surface area contributed by atoms with Gasteiger partial charge in [0, 0.05) is 18.7 Å². The number of carbonyl (C=O) groups excluding carboxylic acids is 2. The van der Waals surface area contributed by atoms with E-state index < -0.39 is 23.9 Å². The molecule has 0 radical (unpaired) electrons. The summed E-state index contributed by atoms with van der Waals surface area (Å²) in [5.74, 6) is -0.948. The van der Waals surface area contributed by atoms with E-state index in [1.54, 1.807) is 30.3 Å². The van der Waals surface area contributed by atoms with Crippen LogP contribution in [0.4, 0.5) is 10.5 Å². The largest absolute Gasteiger partial charge is 0.465 e. The highest BCUT2D eigenvalue weighted by atomic mass is 16.4. The molecule has 172 valence electrons. The Kier molecular flexibility index (Phi) is 9.18. The number of hydrogen-bond acceptors (Lipinski definition) is 4. The molecule has 1 atom stereocenters. The summed E-state index contributed by atoms with van der Waals surface area (Å²) in [6, 6.07) is 15.2. The number of carboxylic acid groups (broad SMARTS) is 1. The van der Waals surface area contributed by atoms with Crippen LogP contribution in [0.15, 0.2) is 60.2 Å². The van der Waals surface area contributed by atoms with Crippen molar-refractivity contribution < 1.29 is 19.5 Å². The van der Waals surface area contributed by atoms with Crippen LogP contribution in [0, 0.1) is 24.2 Å². The Balaban J connectivity index is 2.09. The summed E-state index contributed by atoms with van der Waals surface area (Å²) in [4.78, 5) is 36.3. The van der Waals surface area contributed by atoms with Crippen molar-refractivity contribution in [3.63, 3.8) is 0 Å². The number of aryl methyl sites for hydroxylation is 1. The monoisotopic (exact) mass is 448 g/mol. The lowest BCUT2D eigenvalue weighted by atomic mass is 10.0. The summed E-state index contributed by atoms with van der Waals surface area (Å²) in [6.07, 6.45) is 0.347. The molecular weight excluding hydrogens is 420 g/mol. The van der Waals surface area contributed by atoms with E-state index in [4.69, 9.17) is 0 Å². The van der Waals surface area contributed by atoms with E-state index in [1.165, 1.54) is 0 Å². The van der Waals surface area contributed by atoms with Crippen molar-refractivity contribution in [3.8, 4) is 6.07 Å². The van der Waals surface area contributed by atoms with Crippen LogP contribution < -0.4 is 16.0 Å². The van der Waals surface area contributed by atoms with Crippen LogP contribution in [0.3, 0.4) is 0 Å². The van der Waals surface area contributed by atoms with Gasteiger partial charge in [0.25, 0.3) is 5.91 Å². The number of nitrogens with one attached hydrogen (secondary N) is 3. The van der Waals surface area contributed by atoms with Crippen molar-refractivity contribution >= 4 is 23.6 Å². The Bertz CT molecular complexity index is 1070. The van der Waals surface area contributed by atoms with Crippen LogP contribution in [0.1, 0.15) is 30.5 Å². The molecule has 2 aromatic rings. The van der Waals surface area contributed by atoms with Gasteiger partial charge >= 0.3 is 6.09 Å². The molecule has 0 aliphatic carbocycles. The van der Waals surface area contributed by atoms with Crippen molar-refractivity contribution in [2.45, 2.75) is 39.8 Å². The number of benzene rings is 2. The molecule has 0 spiro atoms. The fourth-order valence-electron chi connectivity index (χ4n) is 3.08. The maximum atomic E-state index is 12.7. The summed E-state index contributed by atoms with van der Waals surface area (Å²) < 4.78 is 0. The predicted octanol–water partition coefficient (Wildman–Crippen LogP) is 3.53. The van der Waals surface area contributed by atoms with Crippen molar-refractivity contribution in [2.24, 2.45) is 5.92 Å². The van der Waals surface area contributed by atoms with Crippen molar-refractivity contribution in [1.29, 1.82) is 5.26 Å². The molecule has 0 bridgehead atoms. The number of amides is 3. The number of nitrogens with zero attached hydrogens (tertiary/aromatic N) is 1. The van der Waals surface area contributed by atoms with Gasteiger partial charge in [0.1, 0.15) is 17.7 Å². The molecule has 0 heterocycles. The molecule has 3 amide bonds. The third-order valence-electron chi connectivity index (χ3n) is 4.69. The van der Waals surface area contributed by atoms with Crippen LogP contribution in [0.5, 0.6) is 0 Å². The molecule has 8 nitrogen and oxygen atoms in total. The molecule has 4 N–H and O–H groups in total. The highest BCUT2D eigenvalue weighted by molar-refractivity contribution is 6.06.